The molecule has 2 aromatic heterocycles. The van der Waals surface area contributed by atoms with Crippen molar-refractivity contribution in [3.05, 3.63) is 81.9 Å². The summed E-state index contributed by atoms with van der Waals surface area (Å²) in [5.41, 5.74) is 0.330. The standard InChI is InChI=1S/C44H48F4N10O6S/c1-54(15-16-59)65-53-37-10-8-34(45)40(32(37)21-49)64-28-7-9-36-30(18-28)42(62)58(24-50-36)27(22-60)17-25-3-5-26(6-4-25)56-13-11-33(44(47,48)23-56)29-20-38-31(19-35(29)46)41(52-55(38)2)57-14-12-39(61)51-43(57)63/h7-10,18-20,24-27,33,53,59-60H,3-6,11-17,22-23H2,1-2H3,(H,51,61,63). The van der Waals surface area contributed by atoms with Gasteiger partial charge in [-0.25, -0.2) is 31.6 Å². The third-order valence-electron chi connectivity index (χ3n) is 12.7. The maximum Gasteiger partial charge on any atom is 0.329 e. The number of imide groups is 1. The Morgan fingerprint density at radius 3 is 2.54 bits per heavy atom. The number of nitrogens with one attached hydrogen (secondary N) is 2. The number of nitriles is 1. The zero-order valence-corrected chi connectivity index (χ0v) is 36.5. The number of aromatic nitrogens is 4. The Morgan fingerprint density at radius 1 is 1.05 bits per heavy atom. The molecule has 2 unspecified atom stereocenters. The third kappa shape index (κ3) is 9.36. The number of fused-ring (bicyclic) bond motifs is 2. The number of anilines is 2. The zero-order chi connectivity index (χ0) is 46.2. The molecule has 2 atom stereocenters. The highest BCUT2D eigenvalue weighted by Gasteiger charge is 2.48. The molecule has 65 heavy (non-hydrogen) atoms. The SMILES string of the molecule is CN(CCO)SNc1ccc(F)c(Oc2ccc3ncn(C(CO)CC4CCC(N5CCC(c6cc7c(cc6F)c(N6CCC(=O)NC6=O)nn7C)C(F)(F)C5)CC4)c(=O)c3c2)c1C#N. The van der Waals surface area contributed by atoms with Crippen LogP contribution in [0.4, 0.5) is 33.9 Å². The molecule has 344 valence electrons. The van der Waals surface area contributed by atoms with Gasteiger partial charge in [-0.2, -0.15) is 10.4 Å². The summed E-state index contributed by atoms with van der Waals surface area (Å²) in [4.78, 5) is 45.6. The fraction of sp³-hybridized carbons (Fsp3) is 0.455. The molecule has 16 nitrogen and oxygen atoms in total. The Kier molecular flexibility index (Phi) is 13.4. The smallest absolute Gasteiger partial charge is 0.329 e. The maximum absolute atomic E-state index is 16.1. The van der Waals surface area contributed by atoms with E-state index in [0.29, 0.717) is 56.2 Å². The van der Waals surface area contributed by atoms with E-state index in [1.807, 2.05) is 6.07 Å². The lowest BCUT2D eigenvalue weighted by Crippen LogP contribution is -2.52. The van der Waals surface area contributed by atoms with Gasteiger partial charge < -0.3 is 19.7 Å². The molecule has 0 spiro atoms. The molecule has 3 fully saturated rings. The molecule has 1 saturated carbocycles. The van der Waals surface area contributed by atoms with E-state index in [-0.39, 0.29) is 89.5 Å². The van der Waals surface area contributed by atoms with Gasteiger partial charge in [0.15, 0.2) is 17.4 Å². The number of nitrogens with zero attached hydrogens (tertiary/aromatic N) is 8. The maximum atomic E-state index is 16.1. The second kappa shape index (κ2) is 19.0. The molecule has 8 rings (SSSR count). The van der Waals surface area contributed by atoms with Crippen molar-refractivity contribution < 1.29 is 42.1 Å². The minimum Gasteiger partial charge on any atom is -0.453 e. The molecule has 3 aliphatic rings. The van der Waals surface area contributed by atoms with Gasteiger partial charge in [0.05, 0.1) is 60.2 Å². The molecule has 0 radical (unpaired) electrons. The van der Waals surface area contributed by atoms with Crippen molar-refractivity contribution in [3.63, 3.8) is 0 Å². The second-order valence-electron chi connectivity index (χ2n) is 16.8. The number of alkyl halides is 2. The molecule has 4 heterocycles. The lowest BCUT2D eigenvalue weighted by atomic mass is 9.79. The first kappa shape index (κ1) is 45.8. The van der Waals surface area contributed by atoms with Gasteiger partial charge in [0.25, 0.3) is 11.5 Å². The van der Waals surface area contributed by atoms with Gasteiger partial charge in [-0.3, -0.25) is 34.0 Å². The Bertz CT molecular complexity index is 2720. The number of hydrogen-bond acceptors (Lipinski definition) is 13. The summed E-state index contributed by atoms with van der Waals surface area (Å²) in [5, 5.41) is 36.7. The fourth-order valence-electron chi connectivity index (χ4n) is 9.30. The first-order valence-electron chi connectivity index (χ1n) is 21.4. The number of benzene rings is 3. The largest absolute Gasteiger partial charge is 0.453 e. The summed E-state index contributed by atoms with van der Waals surface area (Å²) in [6, 6.07) is 10.1. The van der Waals surface area contributed by atoms with E-state index in [2.05, 4.69) is 20.1 Å². The Morgan fingerprint density at radius 2 is 1.83 bits per heavy atom. The molecule has 2 saturated heterocycles. The topological polar surface area (TPSA) is 194 Å². The first-order valence-corrected chi connectivity index (χ1v) is 22.1. The molecule has 21 heteroatoms. The number of aryl methyl sites for hydroxylation is 1. The second-order valence-corrected chi connectivity index (χ2v) is 17.8. The van der Waals surface area contributed by atoms with Gasteiger partial charge in [-0.1, -0.05) is 0 Å². The Balaban J connectivity index is 0.907. The van der Waals surface area contributed by atoms with Gasteiger partial charge in [0.1, 0.15) is 23.2 Å². The van der Waals surface area contributed by atoms with Crippen LogP contribution in [0.25, 0.3) is 21.8 Å². The monoisotopic (exact) mass is 920 g/mol. The van der Waals surface area contributed by atoms with Crippen LogP contribution in [0.3, 0.4) is 0 Å². The highest BCUT2D eigenvalue weighted by atomic mass is 32.2. The van der Waals surface area contributed by atoms with Crippen LogP contribution in [-0.4, -0.2) is 109 Å². The normalized spacial score (nSPS) is 20.9. The van der Waals surface area contributed by atoms with E-state index in [9.17, 15) is 29.9 Å². The van der Waals surface area contributed by atoms with Crippen LogP contribution < -0.4 is 25.2 Å². The van der Waals surface area contributed by atoms with Crippen molar-refractivity contribution >= 4 is 57.4 Å². The molecule has 2 aliphatic heterocycles. The van der Waals surface area contributed by atoms with Crippen molar-refractivity contribution in [1.82, 2.24) is 33.9 Å². The van der Waals surface area contributed by atoms with E-state index >= 15 is 17.6 Å². The molecular weight excluding hydrogens is 873 g/mol. The minimum absolute atomic E-state index is 0.0229. The van der Waals surface area contributed by atoms with Crippen molar-refractivity contribution in [2.45, 2.75) is 68.9 Å². The average Bonchev–Trinajstić information content (AvgIpc) is 3.59. The van der Waals surface area contributed by atoms with Gasteiger partial charge in [0.2, 0.25) is 5.91 Å². The van der Waals surface area contributed by atoms with E-state index in [4.69, 9.17) is 4.74 Å². The first-order chi connectivity index (χ1) is 31.2. The van der Waals surface area contributed by atoms with Crippen LogP contribution in [0, 0.1) is 28.9 Å². The number of carbonyl (C=O) groups excluding carboxylic acids is 2. The van der Waals surface area contributed by atoms with Gasteiger partial charge >= 0.3 is 6.03 Å². The zero-order valence-electron chi connectivity index (χ0n) is 35.6. The van der Waals surface area contributed by atoms with Crippen molar-refractivity contribution in [2.75, 3.05) is 56.1 Å². The van der Waals surface area contributed by atoms with Gasteiger partial charge in [0, 0.05) is 50.1 Å². The van der Waals surface area contributed by atoms with Crippen LogP contribution in [-0.2, 0) is 11.8 Å². The number of piperidine rings is 1. The van der Waals surface area contributed by atoms with Crippen LogP contribution in [0.2, 0.25) is 0 Å². The number of aliphatic hydroxyl groups is 2. The lowest BCUT2D eigenvalue weighted by Gasteiger charge is -2.44. The summed E-state index contributed by atoms with van der Waals surface area (Å²) >= 11 is 1.10. The Labute approximate surface area is 375 Å². The number of amides is 3. The van der Waals surface area contributed by atoms with E-state index in [0.717, 1.165) is 24.3 Å². The third-order valence-corrected chi connectivity index (χ3v) is 13.5. The fourth-order valence-corrected chi connectivity index (χ4v) is 9.89. The van der Waals surface area contributed by atoms with Crippen LogP contribution in [0.5, 0.6) is 11.5 Å². The molecule has 3 aromatic carbocycles. The number of likely N-dealkylation sites (tertiary alicyclic amines) is 1. The van der Waals surface area contributed by atoms with Crippen molar-refractivity contribution in [2.24, 2.45) is 13.0 Å². The highest BCUT2D eigenvalue weighted by molar-refractivity contribution is 7.98. The highest BCUT2D eigenvalue weighted by Crippen LogP contribution is 2.45. The summed E-state index contributed by atoms with van der Waals surface area (Å²) in [6.45, 7) is -0.251. The number of hydrogen-bond donors (Lipinski definition) is 4. The van der Waals surface area contributed by atoms with Crippen LogP contribution >= 0.6 is 12.1 Å². The van der Waals surface area contributed by atoms with Crippen molar-refractivity contribution in [3.8, 4) is 17.6 Å². The van der Waals surface area contributed by atoms with E-state index in [1.165, 1.54) is 44.7 Å². The van der Waals surface area contributed by atoms with Crippen molar-refractivity contribution in [1.29, 1.82) is 5.26 Å². The van der Waals surface area contributed by atoms with Gasteiger partial charge in [-0.05, 0) is 106 Å². The summed E-state index contributed by atoms with van der Waals surface area (Å²) < 4.78 is 76.4. The predicted molar refractivity (Wildman–Crippen MR) is 235 cm³/mol. The number of rotatable bonds is 14. The quantitative estimate of drug-likeness (QED) is 0.0730. The number of carbonyl (C=O) groups is 2. The van der Waals surface area contributed by atoms with Crippen LogP contribution in [0.15, 0.2) is 53.6 Å². The lowest BCUT2D eigenvalue weighted by molar-refractivity contribution is -0.120. The number of likely N-dealkylation sites (N-methyl/N-ethyl adjacent to an activating group) is 1. The molecule has 5 aromatic rings. The number of urea groups is 1. The average molecular weight is 921 g/mol. The van der Waals surface area contributed by atoms with Crippen LogP contribution in [0.1, 0.15) is 68.0 Å². The summed E-state index contributed by atoms with van der Waals surface area (Å²) in [5.74, 6) is -6.71. The Hall–Kier alpha value is -5.79. The minimum atomic E-state index is -3.25. The predicted octanol–water partition coefficient (Wildman–Crippen LogP) is 6.18. The molecule has 0 bridgehead atoms. The van der Waals surface area contributed by atoms with Gasteiger partial charge in [-0.15, -0.1) is 0 Å². The van der Waals surface area contributed by atoms with E-state index < -0.39 is 53.6 Å². The van der Waals surface area contributed by atoms with E-state index in [1.54, 1.807) is 29.4 Å². The summed E-state index contributed by atoms with van der Waals surface area (Å²) in [7, 11) is 3.31. The molecule has 4 N–H and O–H groups in total. The molecule has 1 aliphatic carbocycles. The number of aliphatic hydroxyl groups excluding tert-OH is 2. The summed E-state index contributed by atoms with van der Waals surface area (Å²) in [6.07, 6.45) is 4.48. The molecule has 3 amide bonds. The number of halogens is 4. The molecular formula is C44H48F4N10O6S. The number of ether oxygens (including phenoxy) is 1.